The van der Waals surface area contributed by atoms with Gasteiger partial charge in [0.15, 0.2) is 0 Å². The lowest BCUT2D eigenvalue weighted by atomic mass is 9.44. The van der Waals surface area contributed by atoms with Gasteiger partial charge in [0.2, 0.25) is 0 Å². The van der Waals surface area contributed by atoms with Gasteiger partial charge in [-0.25, -0.2) is 4.39 Å². The van der Waals surface area contributed by atoms with Crippen LogP contribution >= 0.6 is 0 Å². The maximum absolute atomic E-state index is 13.5. The number of aliphatic hydroxyl groups is 1. The first-order valence-electron chi connectivity index (χ1n) is 14.8. The molecule has 5 rings (SSSR count). The summed E-state index contributed by atoms with van der Waals surface area (Å²) in [6.07, 6.45) is 17.0. The molecule has 2 nitrogen and oxygen atoms in total. The third kappa shape index (κ3) is 4.47. The molecule has 1 unspecified atom stereocenters. The molecule has 35 heavy (non-hydrogen) atoms. The second-order valence-electron chi connectivity index (χ2n) is 13.4. The van der Waals surface area contributed by atoms with Crippen LogP contribution in [0.15, 0.2) is 18.2 Å². The predicted molar refractivity (Wildman–Crippen MR) is 141 cm³/mol. The van der Waals surface area contributed by atoms with Gasteiger partial charge in [0.05, 0.1) is 13.2 Å². The van der Waals surface area contributed by atoms with Crippen LogP contribution in [-0.4, -0.2) is 12.2 Å². The van der Waals surface area contributed by atoms with Crippen LogP contribution in [-0.2, 0) is 0 Å². The summed E-state index contributed by atoms with van der Waals surface area (Å²) < 4.78 is 18.9. The van der Waals surface area contributed by atoms with E-state index >= 15 is 0 Å². The Labute approximate surface area is 213 Å². The van der Waals surface area contributed by atoms with Gasteiger partial charge in [-0.3, -0.25) is 0 Å². The number of hydrogen-bond donors (Lipinski definition) is 1. The van der Waals surface area contributed by atoms with E-state index in [-0.39, 0.29) is 5.82 Å². The fraction of sp³-hybridized carbons (Fsp3) is 0.812. The zero-order chi connectivity index (χ0) is 24.8. The molecule has 0 spiro atoms. The van der Waals surface area contributed by atoms with Crippen LogP contribution in [0.3, 0.4) is 0 Å². The van der Waals surface area contributed by atoms with Crippen molar-refractivity contribution in [3.63, 3.8) is 0 Å². The maximum Gasteiger partial charge on any atom is 0.127 e. The van der Waals surface area contributed by atoms with Crippen molar-refractivity contribution in [3.05, 3.63) is 29.6 Å². The van der Waals surface area contributed by atoms with Gasteiger partial charge >= 0.3 is 0 Å². The Bertz CT molecular complexity index is 884. The Hall–Kier alpha value is -1.09. The minimum Gasteiger partial charge on any atom is -0.496 e. The zero-order valence-electron chi connectivity index (χ0n) is 22.7. The molecule has 4 fully saturated rings. The largest absolute Gasteiger partial charge is 0.496 e. The Balaban J connectivity index is 1.20. The number of benzene rings is 1. The summed E-state index contributed by atoms with van der Waals surface area (Å²) in [5.41, 5.74) is 1.85. The van der Waals surface area contributed by atoms with E-state index in [1.807, 2.05) is 0 Å². The summed E-state index contributed by atoms with van der Waals surface area (Å²) in [5, 5.41) is 10.8. The van der Waals surface area contributed by atoms with Gasteiger partial charge in [0.1, 0.15) is 11.6 Å². The third-order valence-electron chi connectivity index (χ3n) is 12.0. The van der Waals surface area contributed by atoms with Gasteiger partial charge in [-0.15, -0.1) is 0 Å². The normalized spacial score (nSPS) is 40.3. The van der Waals surface area contributed by atoms with Crippen LogP contribution in [0.1, 0.15) is 116 Å². The molecule has 1 N–H and O–H groups in total. The number of halogens is 1. The summed E-state index contributed by atoms with van der Waals surface area (Å²) in [6.45, 7) is 7.83. The van der Waals surface area contributed by atoms with Gasteiger partial charge in [0, 0.05) is 11.6 Å². The summed E-state index contributed by atoms with van der Waals surface area (Å²) in [5.74, 6) is 5.54. The Morgan fingerprint density at radius 2 is 1.77 bits per heavy atom. The highest BCUT2D eigenvalue weighted by atomic mass is 19.1. The quantitative estimate of drug-likeness (QED) is 0.419. The number of rotatable bonds is 7. The molecule has 1 aromatic carbocycles. The number of methoxy groups -OCH3 is 1. The van der Waals surface area contributed by atoms with E-state index in [1.165, 1.54) is 82.8 Å². The lowest BCUT2D eigenvalue weighted by Crippen LogP contribution is -2.53. The highest BCUT2D eigenvalue weighted by molar-refractivity contribution is 5.35. The SMILES string of the molecule is COc1cc(F)ccc1C(O)CCC[C@@H](C)[C@H]1CC[C@H]2[C@@H]3CC[C@H]4CCCC[C@]4(C)[C@H]3CC[C@]12C. The van der Waals surface area contributed by atoms with Crippen LogP contribution in [0.2, 0.25) is 0 Å². The Morgan fingerprint density at radius 3 is 2.57 bits per heavy atom. The topological polar surface area (TPSA) is 29.5 Å². The molecule has 0 aromatic heterocycles. The molecule has 0 amide bonds. The van der Waals surface area contributed by atoms with Crippen molar-refractivity contribution in [1.29, 1.82) is 0 Å². The zero-order valence-corrected chi connectivity index (χ0v) is 22.7. The number of aliphatic hydroxyl groups excluding tert-OH is 1. The van der Waals surface area contributed by atoms with Gasteiger partial charge in [-0.05, 0) is 116 Å². The minimum atomic E-state index is -0.591. The number of fused-ring (bicyclic) bond motifs is 5. The summed E-state index contributed by atoms with van der Waals surface area (Å²) in [6, 6.07) is 4.46. The van der Waals surface area contributed by atoms with E-state index < -0.39 is 6.10 Å². The first-order chi connectivity index (χ1) is 16.8. The highest BCUT2D eigenvalue weighted by Crippen LogP contribution is 2.68. The second-order valence-corrected chi connectivity index (χ2v) is 13.4. The van der Waals surface area contributed by atoms with E-state index in [4.69, 9.17) is 4.74 Å². The van der Waals surface area contributed by atoms with Crippen LogP contribution in [0.25, 0.3) is 0 Å². The molecule has 0 radical (unpaired) electrons. The molecule has 4 saturated carbocycles. The Morgan fingerprint density at radius 1 is 0.971 bits per heavy atom. The standard InChI is InChI=1S/C32H49FO2/c1-21(8-7-10-29(34)25-14-12-23(33)20-30(25)35-4)26-15-16-27-24-13-11-22-9-5-6-18-31(22,2)28(24)17-19-32(26,27)3/h12,14,20-22,24,26-29,34H,5-11,13,15-19H2,1-4H3/t21-,22-,24+,26-,27+,28+,29?,31+,32-/m1/s1. The molecule has 4 aliphatic carbocycles. The first kappa shape index (κ1) is 25.6. The maximum atomic E-state index is 13.5. The molecule has 196 valence electrons. The van der Waals surface area contributed by atoms with Crippen LogP contribution in [0.5, 0.6) is 5.75 Å². The summed E-state index contributed by atoms with van der Waals surface area (Å²) in [7, 11) is 1.54. The van der Waals surface area contributed by atoms with Crippen molar-refractivity contribution in [2.45, 2.75) is 110 Å². The van der Waals surface area contributed by atoms with E-state index in [9.17, 15) is 9.50 Å². The monoisotopic (exact) mass is 484 g/mol. The Kier molecular flexibility index (Phi) is 7.30. The lowest BCUT2D eigenvalue weighted by molar-refractivity contribution is -0.114. The smallest absolute Gasteiger partial charge is 0.127 e. The summed E-state index contributed by atoms with van der Waals surface area (Å²) >= 11 is 0. The van der Waals surface area contributed by atoms with Crippen molar-refractivity contribution >= 4 is 0 Å². The average molecular weight is 485 g/mol. The molecule has 4 aliphatic rings. The van der Waals surface area contributed by atoms with Crippen molar-refractivity contribution in [3.8, 4) is 5.75 Å². The van der Waals surface area contributed by atoms with Gasteiger partial charge in [0.25, 0.3) is 0 Å². The number of ether oxygens (including phenoxy) is 1. The minimum absolute atomic E-state index is 0.323. The molecule has 1 aromatic rings. The van der Waals surface area contributed by atoms with Crippen molar-refractivity contribution in [1.82, 2.24) is 0 Å². The van der Waals surface area contributed by atoms with Crippen molar-refractivity contribution < 1.29 is 14.2 Å². The van der Waals surface area contributed by atoms with E-state index in [1.54, 1.807) is 13.2 Å². The fourth-order valence-corrected chi connectivity index (χ4v) is 10.2. The molecule has 0 bridgehead atoms. The molecule has 3 heteroatoms. The van der Waals surface area contributed by atoms with E-state index in [0.717, 1.165) is 36.0 Å². The number of hydrogen-bond acceptors (Lipinski definition) is 2. The van der Waals surface area contributed by atoms with Gasteiger partial charge in [-0.2, -0.15) is 0 Å². The molecular weight excluding hydrogens is 435 g/mol. The van der Waals surface area contributed by atoms with Crippen molar-refractivity contribution in [2.75, 3.05) is 7.11 Å². The first-order valence-corrected chi connectivity index (χ1v) is 14.8. The van der Waals surface area contributed by atoms with E-state index in [2.05, 4.69) is 20.8 Å². The van der Waals surface area contributed by atoms with E-state index in [0.29, 0.717) is 34.5 Å². The molecule has 0 saturated heterocycles. The van der Waals surface area contributed by atoms with Crippen LogP contribution < -0.4 is 4.74 Å². The van der Waals surface area contributed by atoms with Crippen LogP contribution in [0, 0.1) is 52.2 Å². The third-order valence-corrected chi connectivity index (χ3v) is 12.0. The predicted octanol–water partition coefficient (Wildman–Crippen LogP) is 8.72. The molecule has 9 atom stereocenters. The summed E-state index contributed by atoms with van der Waals surface area (Å²) in [4.78, 5) is 0. The average Bonchev–Trinajstić information content (AvgIpc) is 3.20. The second kappa shape index (κ2) is 9.99. The molecular formula is C32H49FO2. The molecule has 0 aliphatic heterocycles. The highest BCUT2D eigenvalue weighted by Gasteiger charge is 2.60. The van der Waals surface area contributed by atoms with Gasteiger partial charge in [-0.1, -0.05) is 46.5 Å². The van der Waals surface area contributed by atoms with Crippen molar-refractivity contribution in [2.24, 2.45) is 46.3 Å². The molecule has 0 heterocycles. The van der Waals surface area contributed by atoms with Crippen LogP contribution in [0.4, 0.5) is 4.39 Å². The fourth-order valence-electron chi connectivity index (χ4n) is 10.2. The lowest BCUT2D eigenvalue weighted by Gasteiger charge is -2.61. The van der Waals surface area contributed by atoms with Gasteiger partial charge < -0.3 is 9.84 Å².